The zero-order valence-corrected chi connectivity index (χ0v) is 13.6. The van der Waals surface area contributed by atoms with Crippen LogP contribution in [0, 0.1) is 0 Å². The van der Waals surface area contributed by atoms with Gasteiger partial charge < -0.3 is 21.7 Å². The Morgan fingerprint density at radius 2 is 1.10 bits per heavy atom. The molecule has 2 atom stereocenters. The third-order valence-corrected chi connectivity index (χ3v) is 4.45. The first-order valence-electron chi connectivity index (χ1n) is 5.88. The molecule has 0 radical (unpaired) electrons. The summed E-state index contributed by atoms with van der Waals surface area (Å²) in [5.41, 5.74) is 14.0. The normalized spacial score (nSPS) is 14.0. The standard InChI is InChI=1S/C14H14Br2N2O2/c15-11-5-7(19)1-3-9(11)13(17)14(18)10-4-2-8(20)6-12(10)16/h1-6,13-14,19-20H,17-18H2/t13-,14+. The van der Waals surface area contributed by atoms with Crippen LogP contribution in [-0.4, -0.2) is 10.2 Å². The molecule has 0 saturated heterocycles. The molecule has 6 N–H and O–H groups in total. The van der Waals surface area contributed by atoms with Gasteiger partial charge in [-0.25, -0.2) is 0 Å². The van der Waals surface area contributed by atoms with Crippen LogP contribution in [0.25, 0.3) is 0 Å². The van der Waals surface area contributed by atoms with Crippen molar-refractivity contribution in [2.45, 2.75) is 12.1 Å². The van der Waals surface area contributed by atoms with Gasteiger partial charge in [-0.05, 0) is 35.4 Å². The van der Waals surface area contributed by atoms with Gasteiger partial charge in [-0.15, -0.1) is 0 Å². The van der Waals surface area contributed by atoms with Gasteiger partial charge >= 0.3 is 0 Å². The second-order valence-corrected chi connectivity index (χ2v) is 6.17. The van der Waals surface area contributed by atoms with E-state index in [0.29, 0.717) is 8.95 Å². The first-order chi connectivity index (χ1) is 9.40. The summed E-state index contributed by atoms with van der Waals surface area (Å²) in [6.45, 7) is 0. The minimum absolute atomic E-state index is 0.159. The minimum Gasteiger partial charge on any atom is -0.508 e. The number of rotatable bonds is 3. The van der Waals surface area contributed by atoms with Crippen molar-refractivity contribution in [1.82, 2.24) is 0 Å². The van der Waals surface area contributed by atoms with E-state index in [9.17, 15) is 10.2 Å². The average Bonchev–Trinajstić information content (AvgIpc) is 2.37. The lowest BCUT2D eigenvalue weighted by molar-refractivity contribution is 0.472. The SMILES string of the molecule is N[C@H](c1ccc(O)cc1Br)[C@@H](N)c1ccc(O)cc1Br. The molecule has 2 aromatic rings. The van der Waals surface area contributed by atoms with E-state index in [4.69, 9.17) is 11.5 Å². The van der Waals surface area contributed by atoms with Crippen LogP contribution in [0.1, 0.15) is 23.2 Å². The van der Waals surface area contributed by atoms with Crippen molar-refractivity contribution >= 4 is 31.9 Å². The first kappa shape index (κ1) is 15.3. The molecule has 0 aliphatic rings. The summed E-state index contributed by atoms with van der Waals surface area (Å²) in [5, 5.41) is 18.8. The molecule has 0 saturated carbocycles. The van der Waals surface area contributed by atoms with Crippen molar-refractivity contribution in [3.8, 4) is 11.5 Å². The maximum Gasteiger partial charge on any atom is 0.116 e. The van der Waals surface area contributed by atoms with E-state index < -0.39 is 12.1 Å². The largest absolute Gasteiger partial charge is 0.508 e. The van der Waals surface area contributed by atoms with Crippen molar-refractivity contribution in [3.63, 3.8) is 0 Å². The Labute approximate surface area is 133 Å². The van der Waals surface area contributed by atoms with Crippen molar-refractivity contribution < 1.29 is 10.2 Å². The van der Waals surface area contributed by atoms with Crippen molar-refractivity contribution in [2.24, 2.45) is 11.5 Å². The summed E-state index contributed by atoms with van der Waals surface area (Å²) in [6, 6.07) is 8.85. The number of nitrogens with two attached hydrogens (primary N) is 2. The Kier molecular flexibility index (Phi) is 4.70. The molecule has 2 rings (SSSR count). The molecule has 0 unspecified atom stereocenters. The maximum atomic E-state index is 9.41. The van der Waals surface area contributed by atoms with E-state index >= 15 is 0 Å². The molecule has 0 heterocycles. The summed E-state index contributed by atoms with van der Waals surface area (Å²) in [7, 11) is 0. The van der Waals surface area contributed by atoms with Gasteiger partial charge in [0.25, 0.3) is 0 Å². The van der Waals surface area contributed by atoms with Crippen LogP contribution in [0.5, 0.6) is 11.5 Å². The fraction of sp³-hybridized carbons (Fsp3) is 0.143. The Morgan fingerprint density at radius 3 is 1.40 bits per heavy atom. The molecule has 0 fully saturated rings. The van der Waals surface area contributed by atoms with E-state index in [1.165, 1.54) is 0 Å². The van der Waals surface area contributed by atoms with E-state index in [1.807, 2.05) is 0 Å². The fourth-order valence-corrected chi connectivity index (χ4v) is 3.22. The molecule has 0 aromatic heterocycles. The highest BCUT2D eigenvalue weighted by Crippen LogP contribution is 2.35. The molecule has 0 aliphatic carbocycles. The topological polar surface area (TPSA) is 92.5 Å². The number of hydrogen-bond donors (Lipinski definition) is 4. The predicted molar refractivity (Wildman–Crippen MR) is 85.5 cm³/mol. The number of benzene rings is 2. The highest BCUT2D eigenvalue weighted by atomic mass is 79.9. The molecule has 4 nitrogen and oxygen atoms in total. The second kappa shape index (κ2) is 6.13. The lowest BCUT2D eigenvalue weighted by Gasteiger charge is -2.23. The summed E-state index contributed by atoms with van der Waals surface area (Å²) in [6.07, 6.45) is 0. The quantitative estimate of drug-likeness (QED) is 0.634. The minimum atomic E-state index is -0.453. The molecule has 0 bridgehead atoms. The zero-order chi connectivity index (χ0) is 14.9. The van der Waals surface area contributed by atoms with Crippen LogP contribution < -0.4 is 11.5 Å². The van der Waals surface area contributed by atoms with Crippen molar-refractivity contribution in [1.29, 1.82) is 0 Å². The number of aromatic hydroxyl groups is 2. The molecule has 0 spiro atoms. The molecular formula is C14H14Br2N2O2. The Hall–Kier alpha value is -1.08. The van der Waals surface area contributed by atoms with E-state index in [-0.39, 0.29) is 11.5 Å². The number of phenolic OH excluding ortho intramolecular Hbond substituents is 2. The van der Waals surface area contributed by atoms with Crippen LogP contribution in [0.15, 0.2) is 45.3 Å². The van der Waals surface area contributed by atoms with Gasteiger partial charge in [-0.2, -0.15) is 0 Å². The van der Waals surface area contributed by atoms with Crippen LogP contribution >= 0.6 is 31.9 Å². The van der Waals surface area contributed by atoms with Crippen LogP contribution in [0.3, 0.4) is 0 Å². The van der Waals surface area contributed by atoms with E-state index in [2.05, 4.69) is 31.9 Å². The van der Waals surface area contributed by atoms with Gasteiger partial charge in [0.2, 0.25) is 0 Å². The number of halogens is 2. The highest BCUT2D eigenvalue weighted by Gasteiger charge is 2.21. The Bertz CT molecular complexity index is 579. The lowest BCUT2D eigenvalue weighted by Crippen LogP contribution is -2.27. The summed E-state index contributed by atoms with van der Waals surface area (Å²) in [4.78, 5) is 0. The van der Waals surface area contributed by atoms with Gasteiger partial charge in [-0.1, -0.05) is 44.0 Å². The molecule has 2 aromatic carbocycles. The Morgan fingerprint density at radius 1 is 0.750 bits per heavy atom. The molecule has 106 valence electrons. The number of hydrogen-bond acceptors (Lipinski definition) is 4. The van der Waals surface area contributed by atoms with Crippen molar-refractivity contribution in [3.05, 3.63) is 56.5 Å². The summed E-state index contributed by atoms with van der Waals surface area (Å²) in [5.74, 6) is 0.319. The van der Waals surface area contributed by atoms with Crippen LogP contribution in [-0.2, 0) is 0 Å². The smallest absolute Gasteiger partial charge is 0.116 e. The van der Waals surface area contributed by atoms with Gasteiger partial charge in [0.15, 0.2) is 0 Å². The molecule has 0 aliphatic heterocycles. The van der Waals surface area contributed by atoms with Crippen molar-refractivity contribution in [2.75, 3.05) is 0 Å². The van der Waals surface area contributed by atoms with Gasteiger partial charge in [-0.3, -0.25) is 0 Å². The van der Waals surface area contributed by atoms with Gasteiger partial charge in [0.1, 0.15) is 11.5 Å². The first-order valence-corrected chi connectivity index (χ1v) is 7.46. The molecule has 20 heavy (non-hydrogen) atoms. The van der Waals surface area contributed by atoms with Gasteiger partial charge in [0.05, 0.1) is 12.1 Å². The maximum absolute atomic E-state index is 9.41. The highest BCUT2D eigenvalue weighted by molar-refractivity contribution is 9.10. The van der Waals surface area contributed by atoms with Crippen LogP contribution in [0.2, 0.25) is 0 Å². The summed E-state index contributed by atoms with van der Waals surface area (Å²) >= 11 is 6.74. The molecule has 6 heteroatoms. The summed E-state index contributed by atoms with van der Waals surface area (Å²) < 4.78 is 1.41. The van der Waals surface area contributed by atoms with Gasteiger partial charge in [0, 0.05) is 8.95 Å². The number of phenols is 2. The van der Waals surface area contributed by atoms with E-state index in [0.717, 1.165) is 11.1 Å². The third kappa shape index (κ3) is 3.15. The monoisotopic (exact) mass is 400 g/mol. The second-order valence-electron chi connectivity index (χ2n) is 4.46. The lowest BCUT2D eigenvalue weighted by atomic mass is 9.95. The average molecular weight is 402 g/mol. The predicted octanol–water partition coefficient (Wildman–Crippen LogP) is 3.32. The van der Waals surface area contributed by atoms with Crippen LogP contribution in [0.4, 0.5) is 0 Å². The fourth-order valence-electron chi connectivity index (χ4n) is 1.96. The third-order valence-electron chi connectivity index (χ3n) is 3.07. The molecule has 0 amide bonds. The molecular weight excluding hydrogens is 388 g/mol. The Balaban J connectivity index is 2.34. The zero-order valence-electron chi connectivity index (χ0n) is 10.4. The van der Waals surface area contributed by atoms with E-state index in [1.54, 1.807) is 36.4 Å².